The molecule has 0 saturated heterocycles. The van der Waals surface area contributed by atoms with E-state index in [1.165, 1.54) is 12.1 Å². The molecule has 0 aliphatic heterocycles. The fraction of sp³-hybridized carbons (Fsp3) is 0.550. The van der Waals surface area contributed by atoms with Crippen molar-refractivity contribution in [1.82, 2.24) is 0 Å². The highest BCUT2D eigenvalue weighted by Crippen LogP contribution is 2.43. The summed E-state index contributed by atoms with van der Waals surface area (Å²) in [4.78, 5) is 5.10. The van der Waals surface area contributed by atoms with Gasteiger partial charge < -0.3 is 14.3 Å². The summed E-state index contributed by atoms with van der Waals surface area (Å²) in [5.41, 5.74) is -0.130. The minimum Gasteiger partial charge on any atom is -0.491 e. The predicted molar refractivity (Wildman–Crippen MR) is 115 cm³/mol. The maximum atomic E-state index is 13.4. The van der Waals surface area contributed by atoms with Gasteiger partial charge in [0.25, 0.3) is 0 Å². The minimum absolute atomic E-state index is 0.0471. The highest BCUT2D eigenvalue weighted by atomic mass is 35.5. The van der Waals surface area contributed by atoms with E-state index >= 15 is 0 Å². The Labute approximate surface area is 189 Å². The van der Waals surface area contributed by atoms with E-state index in [0.717, 1.165) is 37.5 Å². The molecule has 0 bridgehead atoms. The van der Waals surface area contributed by atoms with Crippen molar-refractivity contribution >= 4 is 40.5 Å². The maximum absolute atomic E-state index is 13.4. The second-order valence-electron chi connectivity index (χ2n) is 6.57. The van der Waals surface area contributed by atoms with Crippen molar-refractivity contribution in [1.29, 1.82) is 0 Å². The summed E-state index contributed by atoms with van der Waals surface area (Å²) in [5, 5.41) is 3.66. The summed E-state index contributed by atoms with van der Waals surface area (Å²) in [6.07, 6.45) is 0.827. The zero-order valence-corrected chi connectivity index (χ0v) is 19.1. The number of halogens is 6. The Hall–Kier alpha value is -1.31. The first-order valence-electron chi connectivity index (χ1n) is 9.42. The standard InChI is InChI=1S/C20H25Cl3F3NO3/c1-14(2)27-30-10-7-5-3-4-6-9-29-19-16(20(24,25)26)12-15(13-17(19)21)28-11-8-18(22)23/h8,12-13H,3-7,9-11H2,1-2H3. The van der Waals surface area contributed by atoms with Gasteiger partial charge >= 0.3 is 6.18 Å². The van der Waals surface area contributed by atoms with Gasteiger partial charge in [-0.1, -0.05) is 52.8 Å². The van der Waals surface area contributed by atoms with E-state index in [4.69, 9.17) is 49.1 Å². The average Bonchev–Trinajstić information content (AvgIpc) is 2.62. The van der Waals surface area contributed by atoms with E-state index in [-0.39, 0.29) is 28.5 Å². The van der Waals surface area contributed by atoms with Gasteiger partial charge in [-0.05, 0) is 45.3 Å². The maximum Gasteiger partial charge on any atom is 0.420 e. The first kappa shape index (κ1) is 26.7. The molecule has 30 heavy (non-hydrogen) atoms. The fourth-order valence-corrected chi connectivity index (χ4v) is 2.75. The largest absolute Gasteiger partial charge is 0.491 e. The van der Waals surface area contributed by atoms with Gasteiger partial charge in [0.2, 0.25) is 0 Å². The van der Waals surface area contributed by atoms with Crippen LogP contribution >= 0.6 is 34.8 Å². The predicted octanol–water partition coefficient (Wildman–Crippen LogP) is 7.80. The lowest BCUT2D eigenvalue weighted by Gasteiger charge is -2.17. The van der Waals surface area contributed by atoms with E-state index in [1.54, 1.807) is 0 Å². The van der Waals surface area contributed by atoms with Crippen molar-refractivity contribution in [3.05, 3.63) is 33.3 Å². The summed E-state index contributed by atoms with van der Waals surface area (Å²) >= 11 is 16.9. The van der Waals surface area contributed by atoms with Crippen LogP contribution in [0.15, 0.2) is 27.9 Å². The van der Waals surface area contributed by atoms with Crippen LogP contribution in [0.5, 0.6) is 11.5 Å². The van der Waals surface area contributed by atoms with Crippen molar-refractivity contribution in [2.45, 2.75) is 52.1 Å². The second kappa shape index (κ2) is 13.9. The molecule has 1 aromatic rings. The third kappa shape index (κ3) is 11.2. The van der Waals surface area contributed by atoms with E-state index in [0.29, 0.717) is 13.0 Å². The molecule has 4 nitrogen and oxygen atoms in total. The molecule has 0 aliphatic rings. The monoisotopic (exact) mass is 489 g/mol. The zero-order valence-electron chi connectivity index (χ0n) is 16.8. The Morgan fingerprint density at radius 2 is 1.63 bits per heavy atom. The Balaban J connectivity index is 2.52. The molecule has 0 radical (unpaired) electrons. The number of alkyl halides is 3. The topological polar surface area (TPSA) is 40.0 Å². The average molecular weight is 491 g/mol. The third-order valence-corrected chi connectivity index (χ3v) is 4.27. The smallest absolute Gasteiger partial charge is 0.420 e. The van der Waals surface area contributed by atoms with Crippen molar-refractivity contribution in [2.24, 2.45) is 5.16 Å². The Morgan fingerprint density at radius 1 is 1.00 bits per heavy atom. The number of rotatable bonds is 13. The SMILES string of the molecule is CC(C)=NOCCCCCCCOc1c(Cl)cc(OCC=C(Cl)Cl)cc1C(F)(F)F. The first-order chi connectivity index (χ1) is 14.1. The number of ether oxygens (including phenoxy) is 2. The summed E-state index contributed by atoms with van der Waals surface area (Å²) in [7, 11) is 0. The first-order valence-corrected chi connectivity index (χ1v) is 10.5. The Kier molecular flexibility index (Phi) is 12.4. The van der Waals surface area contributed by atoms with Crippen LogP contribution in [0.4, 0.5) is 13.2 Å². The van der Waals surface area contributed by atoms with E-state index in [9.17, 15) is 13.2 Å². The zero-order chi connectivity index (χ0) is 22.6. The van der Waals surface area contributed by atoms with Crippen molar-refractivity contribution in [3.63, 3.8) is 0 Å². The van der Waals surface area contributed by atoms with Gasteiger partial charge in [-0.3, -0.25) is 0 Å². The van der Waals surface area contributed by atoms with Gasteiger partial charge in [0.15, 0.2) is 0 Å². The molecule has 0 aliphatic carbocycles. The molecule has 1 aromatic carbocycles. The van der Waals surface area contributed by atoms with Crippen LogP contribution in [0.3, 0.4) is 0 Å². The molecule has 170 valence electrons. The quantitative estimate of drug-likeness (QED) is 0.161. The van der Waals surface area contributed by atoms with E-state index in [1.807, 2.05) is 13.8 Å². The molecule has 0 N–H and O–H groups in total. The van der Waals surface area contributed by atoms with Crippen LogP contribution in [-0.2, 0) is 11.0 Å². The van der Waals surface area contributed by atoms with Crippen LogP contribution in [0.25, 0.3) is 0 Å². The number of nitrogens with zero attached hydrogens (tertiary/aromatic N) is 1. The molecule has 0 atom stereocenters. The fourth-order valence-electron chi connectivity index (χ4n) is 2.36. The van der Waals surface area contributed by atoms with Gasteiger partial charge in [-0.2, -0.15) is 13.2 Å². The molecule has 10 heteroatoms. The molecule has 1 rings (SSSR count). The van der Waals surface area contributed by atoms with Crippen molar-refractivity contribution < 1.29 is 27.5 Å². The summed E-state index contributed by atoms with van der Waals surface area (Å²) in [6, 6.07) is 2.11. The lowest BCUT2D eigenvalue weighted by Crippen LogP contribution is -2.11. The molecule has 0 saturated carbocycles. The molecular formula is C20H25Cl3F3NO3. The number of hydrogen-bond donors (Lipinski definition) is 0. The Morgan fingerprint density at radius 3 is 2.23 bits per heavy atom. The lowest BCUT2D eigenvalue weighted by molar-refractivity contribution is -0.139. The van der Waals surface area contributed by atoms with Crippen LogP contribution in [0, 0.1) is 0 Å². The number of benzene rings is 1. The number of unbranched alkanes of at least 4 members (excludes halogenated alkanes) is 4. The molecule has 0 aromatic heterocycles. The van der Waals surface area contributed by atoms with Crippen LogP contribution in [-0.4, -0.2) is 25.5 Å². The molecule has 0 spiro atoms. The van der Waals surface area contributed by atoms with E-state index in [2.05, 4.69) is 5.16 Å². The Bertz CT molecular complexity index is 717. The lowest BCUT2D eigenvalue weighted by atomic mass is 10.1. The second-order valence-corrected chi connectivity index (χ2v) is 7.99. The molecule has 0 fully saturated rings. The van der Waals surface area contributed by atoms with Crippen LogP contribution in [0.2, 0.25) is 5.02 Å². The van der Waals surface area contributed by atoms with Crippen molar-refractivity contribution in [3.8, 4) is 11.5 Å². The third-order valence-electron chi connectivity index (χ3n) is 3.68. The summed E-state index contributed by atoms with van der Waals surface area (Å²) < 4.78 is 50.8. The van der Waals surface area contributed by atoms with Gasteiger partial charge in [-0.25, -0.2) is 0 Å². The van der Waals surface area contributed by atoms with Gasteiger partial charge in [-0.15, -0.1) is 0 Å². The molecule has 0 heterocycles. The number of hydrogen-bond acceptors (Lipinski definition) is 4. The van der Waals surface area contributed by atoms with Crippen LogP contribution in [0.1, 0.15) is 51.5 Å². The van der Waals surface area contributed by atoms with Gasteiger partial charge in [0.05, 0.1) is 17.3 Å². The van der Waals surface area contributed by atoms with E-state index < -0.39 is 17.5 Å². The summed E-state index contributed by atoms with van der Waals surface area (Å²) in [5.74, 6) is -0.459. The summed E-state index contributed by atoms with van der Waals surface area (Å²) in [6.45, 7) is 4.29. The molecular weight excluding hydrogens is 466 g/mol. The van der Waals surface area contributed by atoms with Gasteiger partial charge in [0, 0.05) is 6.07 Å². The van der Waals surface area contributed by atoms with Crippen molar-refractivity contribution in [2.75, 3.05) is 19.8 Å². The highest BCUT2D eigenvalue weighted by Gasteiger charge is 2.36. The van der Waals surface area contributed by atoms with Gasteiger partial charge in [0.1, 0.15) is 34.8 Å². The highest BCUT2D eigenvalue weighted by molar-refractivity contribution is 6.55. The van der Waals surface area contributed by atoms with Crippen LogP contribution < -0.4 is 9.47 Å². The number of oxime groups is 1. The molecule has 0 unspecified atom stereocenters. The molecule has 0 amide bonds. The minimum atomic E-state index is -4.64. The normalized spacial score (nSPS) is 11.1.